The van der Waals surface area contributed by atoms with Crippen molar-refractivity contribution in [1.82, 2.24) is 5.43 Å². The molecule has 5 heteroatoms. The van der Waals surface area contributed by atoms with Crippen LogP contribution in [0.1, 0.15) is 53.6 Å². The minimum atomic E-state index is -0.389. The highest BCUT2D eigenvalue weighted by Gasteiger charge is 2.20. The van der Waals surface area contributed by atoms with Crippen LogP contribution in [-0.2, 0) is 4.79 Å². The molecule has 0 unspecified atom stereocenters. The summed E-state index contributed by atoms with van der Waals surface area (Å²) < 4.78 is 5.38. The summed E-state index contributed by atoms with van der Waals surface area (Å²) in [7, 11) is 0. The number of hydrazone groups is 1. The molecule has 0 atom stereocenters. The number of amides is 1. The smallest absolute Gasteiger partial charge is 0.343 e. The molecule has 0 saturated heterocycles. The topological polar surface area (TPSA) is 67.8 Å². The van der Waals surface area contributed by atoms with Crippen LogP contribution in [0.2, 0.25) is 0 Å². The summed E-state index contributed by atoms with van der Waals surface area (Å²) in [5.74, 6) is 0.152. The van der Waals surface area contributed by atoms with Crippen molar-refractivity contribution in [3.8, 4) is 5.75 Å². The van der Waals surface area contributed by atoms with Gasteiger partial charge in [-0.1, -0.05) is 37.0 Å². The lowest BCUT2D eigenvalue weighted by molar-refractivity contribution is -0.125. The van der Waals surface area contributed by atoms with Gasteiger partial charge < -0.3 is 4.74 Å². The molecule has 1 amide bonds. The van der Waals surface area contributed by atoms with E-state index in [0.29, 0.717) is 11.3 Å². The summed E-state index contributed by atoms with van der Waals surface area (Å²) in [6.07, 6.45) is 6.93. The Morgan fingerprint density at radius 2 is 1.81 bits per heavy atom. The number of ether oxygens (including phenoxy) is 1. The van der Waals surface area contributed by atoms with Crippen LogP contribution < -0.4 is 10.2 Å². The van der Waals surface area contributed by atoms with Crippen LogP contribution in [0.15, 0.2) is 53.6 Å². The van der Waals surface area contributed by atoms with Crippen LogP contribution in [-0.4, -0.2) is 18.1 Å². The Bertz CT molecular complexity index is 822. The number of rotatable bonds is 5. The second-order valence-corrected chi connectivity index (χ2v) is 6.90. The number of esters is 1. The zero-order valence-corrected chi connectivity index (χ0v) is 15.5. The molecule has 1 aliphatic carbocycles. The highest BCUT2D eigenvalue weighted by atomic mass is 16.5. The second-order valence-electron chi connectivity index (χ2n) is 6.90. The standard InChI is InChI=1S/C22H24N2O3/c1-16-6-5-9-19(14-16)22(26)27-20-12-10-17(11-13-20)15-23-24-21(25)18-7-3-2-4-8-18/h5-6,9-15,18H,2-4,7-8H2,1H3,(H,24,25)/b23-15+. The second kappa shape index (κ2) is 9.12. The number of benzene rings is 2. The number of nitrogens with one attached hydrogen (secondary N) is 1. The summed E-state index contributed by atoms with van der Waals surface area (Å²) in [4.78, 5) is 24.2. The lowest BCUT2D eigenvalue weighted by Crippen LogP contribution is -2.28. The molecule has 140 valence electrons. The number of aryl methyl sites for hydroxylation is 1. The third-order valence-electron chi connectivity index (χ3n) is 4.71. The number of carbonyl (C=O) groups excluding carboxylic acids is 2. The Hall–Kier alpha value is -2.95. The molecule has 1 N–H and O–H groups in total. The average Bonchev–Trinajstić information content (AvgIpc) is 2.70. The van der Waals surface area contributed by atoms with E-state index in [1.165, 1.54) is 6.42 Å². The minimum Gasteiger partial charge on any atom is -0.423 e. The van der Waals surface area contributed by atoms with E-state index in [9.17, 15) is 9.59 Å². The van der Waals surface area contributed by atoms with Crippen LogP contribution in [0.3, 0.4) is 0 Å². The Labute approximate surface area is 159 Å². The predicted molar refractivity (Wildman–Crippen MR) is 105 cm³/mol. The molecule has 0 radical (unpaired) electrons. The van der Waals surface area contributed by atoms with Crippen molar-refractivity contribution in [3.05, 3.63) is 65.2 Å². The monoisotopic (exact) mass is 364 g/mol. The van der Waals surface area contributed by atoms with Crippen LogP contribution in [0.25, 0.3) is 0 Å². The summed E-state index contributed by atoms with van der Waals surface area (Å²) in [5.41, 5.74) is 4.96. The highest BCUT2D eigenvalue weighted by molar-refractivity contribution is 5.91. The van der Waals surface area contributed by atoms with Gasteiger partial charge >= 0.3 is 5.97 Å². The maximum absolute atomic E-state index is 12.2. The summed E-state index contributed by atoms with van der Waals surface area (Å²) >= 11 is 0. The van der Waals surface area contributed by atoms with E-state index in [1.807, 2.05) is 19.1 Å². The maximum Gasteiger partial charge on any atom is 0.343 e. The molecule has 5 nitrogen and oxygen atoms in total. The molecule has 3 rings (SSSR count). The van der Waals surface area contributed by atoms with Crippen molar-refractivity contribution < 1.29 is 14.3 Å². The van der Waals surface area contributed by atoms with Gasteiger partial charge in [-0.25, -0.2) is 10.2 Å². The van der Waals surface area contributed by atoms with E-state index in [4.69, 9.17) is 4.74 Å². The Morgan fingerprint density at radius 3 is 2.52 bits per heavy atom. The van der Waals surface area contributed by atoms with Gasteiger partial charge in [-0.3, -0.25) is 4.79 Å². The van der Waals surface area contributed by atoms with E-state index in [-0.39, 0.29) is 17.8 Å². The lowest BCUT2D eigenvalue weighted by Gasteiger charge is -2.19. The Kier molecular flexibility index (Phi) is 6.36. The van der Waals surface area contributed by atoms with Crippen LogP contribution in [0.4, 0.5) is 0 Å². The molecule has 0 heterocycles. The van der Waals surface area contributed by atoms with Gasteiger partial charge in [0.05, 0.1) is 11.8 Å². The minimum absolute atomic E-state index is 0.00495. The van der Waals surface area contributed by atoms with Gasteiger partial charge in [-0.05, 0) is 61.7 Å². The van der Waals surface area contributed by atoms with Crippen molar-refractivity contribution >= 4 is 18.1 Å². The number of nitrogens with zero attached hydrogens (tertiary/aromatic N) is 1. The number of carbonyl (C=O) groups is 2. The summed E-state index contributed by atoms with van der Waals surface area (Å²) in [5, 5.41) is 4.03. The zero-order valence-electron chi connectivity index (χ0n) is 15.5. The molecular formula is C22H24N2O3. The Morgan fingerprint density at radius 1 is 1.07 bits per heavy atom. The van der Waals surface area contributed by atoms with E-state index in [2.05, 4.69) is 10.5 Å². The molecule has 0 bridgehead atoms. The van der Waals surface area contributed by atoms with E-state index in [0.717, 1.165) is 36.8 Å². The van der Waals surface area contributed by atoms with E-state index >= 15 is 0 Å². The van der Waals surface area contributed by atoms with Crippen molar-refractivity contribution in [2.24, 2.45) is 11.0 Å². The van der Waals surface area contributed by atoms with E-state index < -0.39 is 0 Å². The lowest BCUT2D eigenvalue weighted by atomic mass is 9.89. The van der Waals surface area contributed by atoms with Gasteiger partial charge in [0.15, 0.2) is 0 Å². The first-order chi connectivity index (χ1) is 13.1. The van der Waals surface area contributed by atoms with Gasteiger partial charge in [-0.15, -0.1) is 0 Å². The van der Waals surface area contributed by atoms with Gasteiger partial charge in [0.25, 0.3) is 0 Å². The van der Waals surface area contributed by atoms with Gasteiger partial charge in [0.2, 0.25) is 5.91 Å². The molecule has 1 saturated carbocycles. The van der Waals surface area contributed by atoms with Crippen molar-refractivity contribution in [2.45, 2.75) is 39.0 Å². The molecule has 2 aromatic carbocycles. The first-order valence-electron chi connectivity index (χ1n) is 9.33. The normalized spacial score (nSPS) is 14.9. The fourth-order valence-corrected chi connectivity index (χ4v) is 3.19. The molecule has 1 aliphatic rings. The van der Waals surface area contributed by atoms with Crippen LogP contribution >= 0.6 is 0 Å². The largest absolute Gasteiger partial charge is 0.423 e. The molecule has 0 aromatic heterocycles. The van der Waals surface area contributed by atoms with Gasteiger partial charge in [-0.2, -0.15) is 5.10 Å². The van der Waals surface area contributed by atoms with Crippen molar-refractivity contribution in [1.29, 1.82) is 0 Å². The molecule has 2 aromatic rings. The molecule has 27 heavy (non-hydrogen) atoms. The predicted octanol–water partition coefficient (Wildman–Crippen LogP) is 4.24. The van der Waals surface area contributed by atoms with Crippen LogP contribution in [0, 0.1) is 12.8 Å². The summed E-state index contributed by atoms with van der Waals surface area (Å²) in [6.45, 7) is 1.93. The van der Waals surface area contributed by atoms with E-state index in [1.54, 1.807) is 42.6 Å². The third kappa shape index (κ3) is 5.51. The third-order valence-corrected chi connectivity index (χ3v) is 4.71. The first kappa shape index (κ1) is 18.8. The Balaban J connectivity index is 1.52. The zero-order chi connectivity index (χ0) is 19.1. The van der Waals surface area contributed by atoms with Gasteiger partial charge in [0.1, 0.15) is 5.75 Å². The highest BCUT2D eigenvalue weighted by Crippen LogP contribution is 2.23. The fraction of sp³-hybridized carbons (Fsp3) is 0.318. The fourth-order valence-electron chi connectivity index (χ4n) is 3.19. The molecule has 0 aliphatic heterocycles. The first-order valence-corrected chi connectivity index (χ1v) is 9.33. The molecular weight excluding hydrogens is 340 g/mol. The maximum atomic E-state index is 12.2. The number of hydrogen-bond acceptors (Lipinski definition) is 4. The number of hydrogen-bond donors (Lipinski definition) is 1. The quantitative estimate of drug-likeness (QED) is 0.373. The average molecular weight is 364 g/mol. The van der Waals surface area contributed by atoms with Crippen LogP contribution in [0.5, 0.6) is 5.75 Å². The van der Waals surface area contributed by atoms with Gasteiger partial charge in [0, 0.05) is 5.92 Å². The molecule has 1 fully saturated rings. The molecule has 0 spiro atoms. The summed E-state index contributed by atoms with van der Waals surface area (Å²) in [6, 6.07) is 14.3. The van der Waals surface area contributed by atoms with Crippen molar-refractivity contribution in [2.75, 3.05) is 0 Å². The SMILES string of the molecule is Cc1cccc(C(=O)Oc2ccc(/C=N/NC(=O)C3CCCCC3)cc2)c1. The van der Waals surface area contributed by atoms with Crippen molar-refractivity contribution in [3.63, 3.8) is 0 Å².